The van der Waals surface area contributed by atoms with Crippen molar-refractivity contribution < 1.29 is 14.6 Å². The van der Waals surface area contributed by atoms with E-state index in [0.717, 1.165) is 6.42 Å². The van der Waals surface area contributed by atoms with Crippen LogP contribution in [-0.2, 0) is 9.47 Å². The lowest BCUT2D eigenvalue weighted by molar-refractivity contribution is -0.155. The number of hydrogen-bond donors (Lipinski definition) is 1. The van der Waals surface area contributed by atoms with Gasteiger partial charge in [-0.3, -0.25) is 0 Å². The summed E-state index contributed by atoms with van der Waals surface area (Å²) in [7, 11) is 0. The summed E-state index contributed by atoms with van der Waals surface area (Å²) in [5.74, 6) is 0. The number of hydrogen-bond acceptors (Lipinski definition) is 3. The zero-order chi connectivity index (χ0) is 14.2. The summed E-state index contributed by atoms with van der Waals surface area (Å²) in [6.07, 6.45) is 3.48. The van der Waals surface area contributed by atoms with Crippen LogP contribution in [0.1, 0.15) is 34.1 Å². The molecule has 0 radical (unpaired) electrons. The van der Waals surface area contributed by atoms with Crippen molar-refractivity contribution >= 4 is 0 Å². The molecule has 18 heavy (non-hydrogen) atoms. The third-order valence-electron chi connectivity index (χ3n) is 3.83. The van der Waals surface area contributed by atoms with E-state index in [1.165, 1.54) is 0 Å². The van der Waals surface area contributed by atoms with Crippen molar-refractivity contribution in [1.82, 2.24) is 0 Å². The Labute approximate surface area is 111 Å². The smallest absolute Gasteiger partial charge is 0.0656 e. The van der Waals surface area contributed by atoms with Crippen LogP contribution in [0.5, 0.6) is 0 Å². The maximum atomic E-state index is 10.2. The quantitative estimate of drug-likeness (QED) is 0.611. The molecule has 106 valence electrons. The fourth-order valence-electron chi connectivity index (χ4n) is 2.62. The van der Waals surface area contributed by atoms with Gasteiger partial charge in [0.15, 0.2) is 0 Å². The average Bonchev–Trinajstić information content (AvgIpc) is 2.34. The van der Waals surface area contributed by atoms with Gasteiger partial charge in [-0.25, -0.2) is 0 Å². The van der Waals surface area contributed by atoms with Gasteiger partial charge in [-0.05, 0) is 27.2 Å². The molecule has 0 aromatic heterocycles. The molecule has 0 aliphatic heterocycles. The van der Waals surface area contributed by atoms with E-state index in [1.807, 2.05) is 20.8 Å². The van der Waals surface area contributed by atoms with Crippen molar-refractivity contribution in [1.29, 1.82) is 0 Å². The van der Waals surface area contributed by atoms with Crippen LogP contribution < -0.4 is 0 Å². The van der Waals surface area contributed by atoms with Crippen LogP contribution in [0.4, 0.5) is 0 Å². The average molecular weight is 256 g/mol. The molecule has 3 heteroatoms. The van der Waals surface area contributed by atoms with Crippen LogP contribution >= 0.6 is 0 Å². The van der Waals surface area contributed by atoms with E-state index in [1.54, 1.807) is 19.1 Å². The van der Waals surface area contributed by atoms with Crippen LogP contribution in [0.3, 0.4) is 0 Å². The molecule has 0 saturated heterocycles. The minimum Gasteiger partial charge on any atom is -0.393 e. The van der Waals surface area contributed by atoms with Crippen molar-refractivity contribution in [3.63, 3.8) is 0 Å². The summed E-state index contributed by atoms with van der Waals surface area (Å²) < 4.78 is 11.5. The Hall–Kier alpha value is -0.640. The van der Waals surface area contributed by atoms with Crippen molar-refractivity contribution in [2.24, 2.45) is 5.41 Å². The summed E-state index contributed by atoms with van der Waals surface area (Å²) in [6.45, 7) is 16.1. The SMILES string of the molecule is C=CCOC(C)C(CC)(C(C)O)C(C)OCC=C. The maximum Gasteiger partial charge on any atom is 0.0656 e. The molecule has 0 amide bonds. The summed E-state index contributed by atoms with van der Waals surface area (Å²) in [5, 5.41) is 10.2. The van der Waals surface area contributed by atoms with E-state index >= 15 is 0 Å². The van der Waals surface area contributed by atoms with Crippen molar-refractivity contribution in [2.75, 3.05) is 13.2 Å². The number of aliphatic hydroxyl groups is 1. The van der Waals surface area contributed by atoms with E-state index in [2.05, 4.69) is 13.2 Å². The molecule has 0 spiro atoms. The molecule has 0 aliphatic carbocycles. The molecule has 3 nitrogen and oxygen atoms in total. The first-order chi connectivity index (χ1) is 8.47. The highest BCUT2D eigenvalue weighted by Crippen LogP contribution is 2.38. The van der Waals surface area contributed by atoms with Gasteiger partial charge in [0.1, 0.15) is 0 Å². The lowest BCUT2D eigenvalue weighted by Gasteiger charge is -2.44. The molecule has 1 N–H and O–H groups in total. The van der Waals surface area contributed by atoms with E-state index in [-0.39, 0.29) is 12.2 Å². The normalized spacial score (nSPS) is 19.6. The highest BCUT2D eigenvalue weighted by molar-refractivity contribution is 4.94. The van der Waals surface area contributed by atoms with Gasteiger partial charge in [-0.2, -0.15) is 0 Å². The van der Waals surface area contributed by atoms with Gasteiger partial charge >= 0.3 is 0 Å². The second-order valence-electron chi connectivity index (χ2n) is 4.67. The Balaban J connectivity index is 5.00. The third-order valence-corrected chi connectivity index (χ3v) is 3.83. The number of rotatable bonds is 10. The Kier molecular flexibility index (Phi) is 8.16. The molecule has 0 aromatic carbocycles. The molecular formula is C15H28O3. The zero-order valence-corrected chi connectivity index (χ0v) is 12.2. The van der Waals surface area contributed by atoms with Crippen molar-refractivity contribution in [3.8, 4) is 0 Å². The Morgan fingerprint density at radius 1 is 1.06 bits per heavy atom. The minimum atomic E-state index is -0.512. The Morgan fingerprint density at radius 3 is 1.67 bits per heavy atom. The lowest BCUT2D eigenvalue weighted by Crippen LogP contribution is -2.52. The van der Waals surface area contributed by atoms with Crippen LogP contribution in [-0.4, -0.2) is 36.6 Å². The van der Waals surface area contributed by atoms with Crippen molar-refractivity contribution in [3.05, 3.63) is 25.3 Å². The molecule has 0 bridgehead atoms. The molecule has 0 heterocycles. The van der Waals surface area contributed by atoms with Crippen LogP contribution in [0.25, 0.3) is 0 Å². The fourth-order valence-corrected chi connectivity index (χ4v) is 2.62. The van der Waals surface area contributed by atoms with E-state index in [0.29, 0.717) is 13.2 Å². The predicted octanol–water partition coefficient (Wildman–Crippen LogP) is 2.95. The van der Waals surface area contributed by atoms with Gasteiger partial charge in [0.05, 0.1) is 31.5 Å². The zero-order valence-electron chi connectivity index (χ0n) is 12.2. The van der Waals surface area contributed by atoms with Gasteiger partial charge in [0.25, 0.3) is 0 Å². The first-order valence-corrected chi connectivity index (χ1v) is 6.60. The number of aliphatic hydroxyl groups excluding tert-OH is 1. The first kappa shape index (κ1) is 17.4. The third kappa shape index (κ3) is 3.94. The second-order valence-corrected chi connectivity index (χ2v) is 4.67. The second kappa shape index (κ2) is 8.46. The fraction of sp³-hybridized carbons (Fsp3) is 0.733. The topological polar surface area (TPSA) is 38.7 Å². The standard InChI is InChI=1S/C15H28O3/c1-7-10-17-13(5)15(9-3,12(4)16)14(6)18-11-8-2/h7-8,12-14,16H,1-2,9-11H2,3-6H3. The largest absolute Gasteiger partial charge is 0.393 e. The predicted molar refractivity (Wildman–Crippen MR) is 75.6 cm³/mol. The summed E-state index contributed by atoms with van der Waals surface area (Å²) in [4.78, 5) is 0. The molecule has 0 saturated carbocycles. The Bertz CT molecular complexity index is 230. The molecular weight excluding hydrogens is 228 g/mol. The van der Waals surface area contributed by atoms with Gasteiger partial charge in [0.2, 0.25) is 0 Å². The highest BCUT2D eigenvalue weighted by atomic mass is 16.5. The van der Waals surface area contributed by atoms with E-state index in [9.17, 15) is 5.11 Å². The van der Waals surface area contributed by atoms with Crippen LogP contribution in [0.2, 0.25) is 0 Å². The maximum absolute atomic E-state index is 10.2. The minimum absolute atomic E-state index is 0.111. The Morgan fingerprint density at radius 2 is 1.44 bits per heavy atom. The van der Waals surface area contributed by atoms with Gasteiger partial charge in [0, 0.05) is 5.41 Å². The molecule has 0 fully saturated rings. The van der Waals surface area contributed by atoms with E-state index in [4.69, 9.17) is 9.47 Å². The molecule has 0 aromatic rings. The van der Waals surface area contributed by atoms with Crippen molar-refractivity contribution in [2.45, 2.75) is 52.4 Å². The highest BCUT2D eigenvalue weighted by Gasteiger charge is 2.45. The van der Waals surface area contributed by atoms with E-state index < -0.39 is 11.5 Å². The molecule has 3 atom stereocenters. The molecule has 0 rings (SSSR count). The summed E-state index contributed by atoms with van der Waals surface area (Å²) in [6, 6.07) is 0. The van der Waals surface area contributed by atoms with Gasteiger partial charge in [-0.15, -0.1) is 13.2 Å². The summed E-state index contributed by atoms with van der Waals surface area (Å²) >= 11 is 0. The number of ether oxygens (including phenoxy) is 2. The lowest BCUT2D eigenvalue weighted by atomic mass is 9.71. The monoisotopic (exact) mass is 256 g/mol. The first-order valence-electron chi connectivity index (χ1n) is 6.60. The molecule has 0 aliphatic rings. The van der Waals surface area contributed by atoms with Crippen LogP contribution in [0, 0.1) is 5.41 Å². The molecule has 3 unspecified atom stereocenters. The van der Waals surface area contributed by atoms with Crippen LogP contribution in [0.15, 0.2) is 25.3 Å². The summed E-state index contributed by atoms with van der Waals surface area (Å²) in [5.41, 5.74) is -0.425. The van der Waals surface area contributed by atoms with Gasteiger partial charge in [-0.1, -0.05) is 19.1 Å². The van der Waals surface area contributed by atoms with Gasteiger partial charge < -0.3 is 14.6 Å².